The van der Waals surface area contributed by atoms with E-state index < -0.39 is 10.0 Å². The SMILES string of the molecule is CCN(c1ccc(C(=O)N(C)Cc2nc(-c3cccc(OC)c3)no2)cc1)S(C)(=O)=O. The Labute approximate surface area is 181 Å². The number of anilines is 1. The van der Waals surface area contributed by atoms with Crippen LogP contribution in [0.5, 0.6) is 5.75 Å². The van der Waals surface area contributed by atoms with Crippen molar-refractivity contribution < 1.29 is 22.5 Å². The van der Waals surface area contributed by atoms with Gasteiger partial charge in [0.05, 0.1) is 25.6 Å². The first kappa shape index (κ1) is 22.3. The Morgan fingerprint density at radius 1 is 1.16 bits per heavy atom. The molecule has 10 heteroatoms. The van der Waals surface area contributed by atoms with Crippen LogP contribution >= 0.6 is 0 Å². The molecule has 0 N–H and O–H groups in total. The first-order chi connectivity index (χ1) is 14.7. The molecule has 1 aromatic heterocycles. The number of sulfonamides is 1. The van der Waals surface area contributed by atoms with Gasteiger partial charge in [0.2, 0.25) is 21.7 Å². The Bertz CT molecular complexity index is 1160. The molecule has 0 bridgehead atoms. The Hall–Kier alpha value is -3.40. The summed E-state index contributed by atoms with van der Waals surface area (Å²) in [6.07, 6.45) is 1.15. The van der Waals surface area contributed by atoms with Gasteiger partial charge in [-0.05, 0) is 43.3 Å². The number of hydrogen-bond acceptors (Lipinski definition) is 7. The van der Waals surface area contributed by atoms with Crippen molar-refractivity contribution in [3.8, 4) is 17.1 Å². The van der Waals surface area contributed by atoms with Gasteiger partial charge < -0.3 is 14.2 Å². The van der Waals surface area contributed by atoms with Crippen molar-refractivity contribution in [3.05, 3.63) is 60.0 Å². The number of amides is 1. The van der Waals surface area contributed by atoms with Crippen molar-refractivity contribution >= 4 is 21.6 Å². The molecule has 1 heterocycles. The third kappa shape index (κ3) is 5.21. The number of carbonyl (C=O) groups excluding carboxylic acids is 1. The molecule has 3 rings (SSSR count). The Morgan fingerprint density at radius 3 is 2.48 bits per heavy atom. The Morgan fingerprint density at radius 2 is 1.87 bits per heavy atom. The number of nitrogens with zero attached hydrogens (tertiary/aromatic N) is 4. The van der Waals surface area contributed by atoms with Gasteiger partial charge in [-0.15, -0.1) is 0 Å². The molecule has 0 aliphatic rings. The van der Waals surface area contributed by atoms with Crippen LogP contribution in [0.2, 0.25) is 0 Å². The van der Waals surface area contributed by atoms with E-state index >= 15 is 0 Å². The maximum atomic E-state index is 12.7. The minimum Gasteiger partial charge on any atom is -0.497 e. The van der Waals surface area contributed by atoms with E-state index in [1.54, 1.807) is 51.4 Å². The summed E-state index contributed by atoms with van der Waals surface area (Å²) < 4.78 is 35.5. The summed E-state index contributed by atoms with van der Waals surface area (Å²) in [5, 5.41) is 3.97. The van der Waals surface area contributed by atoms with Gasteiger partial charge in [0.15, 0.2) is 0 Å². The smallest absolute Gasteiger partial charge is 0.254 e. The van der Waals surface area contributed by atoms with Crippen molar-refractivity contribution in [1.29, 1.82) is 0 Å². The first-order valence-corrected chi connectivity index (χ1v) is 11.4. The molecular weight excluding hydrogens is 420 g/mol. The number of benzene rings is 2. The van der Waals surface area contributed by atoms with Crippen LogP contribution in [0.25, 0.3) is 11.4 Å². The topological polar surface area (TPSA) is 106 Å². The van der Waals surface area contributed by atoms with Gasteiger partial charge in [0, 0.05) is 24.7 Å². The molecule has 2 aromatic carbocycles. The summed E-state index contributed by atoms with van der Waals surface area (Å²) in [7, 11) is -0.177. The summed E-state index contributed by atoms with van der Waals surface area (Å²) >= 11 is 0. The number of hydrogen-bond donors (Lipinski definition) is 0. The average molecular weight is 445 g/mol. The lowest BCUT2D eigenvalue weighted by atomic mass is 10.2. The number of methoxy groups -OCH3 is 1. The quantitative estimate of drug-likeness (QED) is 0.526. The van der Waals surface area contributed by atoms with Gasteiger partial charge in [-0.3, -0.25) is 9.10 Å². The van der Waals surface area contributed by atoms with Crippen LogP contribution in [-0.2, 0) is 16.6 Å². The third-order valence-electron chi connectivity index (χ3n) is 4.60. The van der Waals surface area contributed by atoms with Crippen LogP contribution in [0.15, 0.2) is 53.1 Å². The van der Waals surface area contributed by atoms with Crippen molar-refractivity contribution in [2.24, 2.45) is 0 Å². The zero-order chi connectivity index (χ0) is 22.6. The van der Waals surface area contributed by atoms with Gasteiger partial charge in [0.1, 0.15) is 5.75 Å². The normalized spacial score (nSPS) is 11.2. The highest BCUT2D eigenvalue weighted by Crippen LogP contribution is 2.22. The van der Waals surface area contributed by atoms with E-state index in [0.717, 1.165) is 11.8 Å². The second-order valence-electron chi connectivity index (χ2n) is 6.88. The van der Waals surface area contributed by atoms with E-state index in [1.807, 2.05) is 18.2 Å². The lowest BCUT2D eigenvalue weighted by Gasteiger charge is -2.21. The van der Waals surface area contributed by atoms with E-state index in [4.69, 9.17) is 9.26 Å². The van der Waals surface area contributed by atoms with Crippen LogP contribution in [0.4, 0.5) is 5.69 Å². The maximum absolute atomic E-state index is 12.7. The van der Waals surface area contributed by atoms with Gasteiger partial charge in [-0.2, -0.15) is 4.98 Å². The summed E-state index contributed by atoms with van der Waals surface area (Å²) in [6.45, 7) is 2.18. The molecule has 0 aliphatic carbocycles. The first-order valence-electron chi connectivity index (χ1n) is 9.53. The largest absolute Gasteiger partial charge is 0.497 e. The minimum absolute atomic E-state index is 0.127. The minimum atomic E-state index is -3.38. The molecule has 0 atom stereocenters. The zero-order valence-corrected chi connectivity index (χ0v) is 18.6. The fourth-order valence-corrected chi connectivity index (χ4v) is 4.05. The van der Waals surface area contributed by atoms with E-state index in [2.05, 4.69) is 10.1 Å². The molecule has 9 nitrogen and oxygen atoms in total. The molecule has 31 heavy (non-hydrogen) atoms. The summed E-state index contributed by atoms with van der Waals surface area (Å²) in [4.78, 5) is 18.5. The highest BCUT2D eigenvalue weighted by molar-refractivity contribution is 7.92. The van der Waals surface area contributed by atoms with E-state index in [-0.39, 0.29) is 12.5 Å². The zero-order valence-electron chi connectivity index (χ0n) is 17.8. The molecule has 0 spiro atoms. The Balaban J connectivity index is 1.70. The Kier molecular flexibility index (Phi) is 6.59. The van der Waals surface area contributed by atoms with Crippen LogP contribution in [-0.4, -0.2) is 56.3 Å². The standard InChI is InChI=1S/C21H24N4O5S/c1-5-25(31(4,27)28)17-11-9-15(10-12-17)21(26)24(2)14-19-22-20(23-30-19)16-7-6-8-18(13-16)29-3/h6-13H,5,14H2,1-4H3. The molecular formula is C21H24N4O5S. The van der Waals surface area contributed by atoms with Gasteiger partial charge in [-0.1, -0.05) is 17.3 Å². The fourth-order valence-electron chi connectivity index (χ4n) is 3.07. The lowest BCUT2D eigenvalue weighted by Crippen LogP contribution is -2.29. The number of rotatable bonds is 8. The fraction of sp³-hybridized carbons (Fsp3) is 0.286. The van der Waals surface area contributed by atoms with Crippen LogP contribution in [0.1, 0.15) is 23.2 Å². The predicted molar refractivity (Wildman–Crippen MR) is 116 cm³/mol. The van der Waals surface area contributed by atoms with Crippen LogP contribution in [0, 0.1) is 0 Å². The number of ether oxygens (including phenoxy) is 1. The maximum Gasteiger partial charge on any atom is 0.254 e. The number of carbonyl (C=O) groups is 1. The van der Waals surface area contributed by atoms with Crippen LogP contribution < -0.4 is 9.04 Å². The third-order valence-corrected chi connectivity index (χ3v) is 5.87. The predicted octanol–water partition coefficient (Wildman–Crippen LogP) is 2.80. The monoisotopic (exact) mass is 444 g/mol. The van der Waals surface area contributed by atoms with Gasteiger partial charge in [0.25, 0.3) is 5.91 Å². The second kappa shape index (κ2) is 9.17. The second-order valence-corrected chi connectivity index (χ2v) is 8.79. The van der Waals surface area contributed by atoms with Crippen molar-refractivity contribution in [2.45, 2.75) is 13.5 Å². The molecule has 0 saturated heterocycles. The molecule has 0 unspecified atom stereocenters. The highest BCUT2D eigenvalue weighted by Gasteiger charge is 2.19. The molecule has 0 aliphatic heterocycles. The molecule has 0 fully saturated rings. The molecule has 0 saturated carbocycles. The van der Waals surface area contributed by atoms with Crippen molar-refractivity contribution in [2.75, 3.05) is 31.3 Å². The lowest BCUT2D eigenvalue weighted by molar-refractivity contribution is 0.0769. The van der Waals surface area contributed by atoms with E-state index in [0.29, 0.717) is 35.3 Å². The molecule has 3 aromatic rings. The summed E-state index contributed by atoms with van der Waals surface area (Å²) in [5.74, 6) is 1.12. The molecule has 1 amide bonds. The summed E-state index contributed by atoms with van der Waals surface area (Å²) in [6, 6.07) is 13.7. The van der Waals surface area contributed by atoms with Crippen molar-refractivity contribution in [3.63, 3.8) is 0 Å². The van der Waals surface area contributed by atoms with E-state index in [1.165, 1.54) is 9.21 Å². The van der Waals surface area contributed by atoms with Gasteiger partial charge in [-0.25, -0.2) is 8.42 Å². The highest BCUT2D eigenvalue weighted by atomic mass is 32.2. The van der Waals surface area contributed by atoms with Crippen molar-refractivity contribution in [1.82, 2.24) is 15.0 Å². The molecule has 164 valence electrons. The summed E-state index contributed by atoms with van der Waals surface area (Å²) in [5.41, 5.74) is 1.66. The van der Waals surface area contributed by atoms with Gasteiger partial charge >= 0.3 is 0 Å². The number of aromatic nitrogens is 2. The average Bonchev–Trinajstić information content (AvgIpc) is 3.21. The molecule has 0 radical (unpaired) electrons. The van der Waals surface area contributed by atoms with Crippen LogP contribution in [0.3, 0.4) is 0 Å². The van der Waals surface area contributed by atoms with E-state index in [9.17, 15) is 13.2 Å².